The molecule has 0 unspecified atom stereocenters. The zero-order valence-corrected chi connectivity index (χ0v) is 22.7. The van der Waals surface area contributed by atoms with Crippen LogP contribution in [-0.2, 0) is 17.6 Å². The van der Waals surface area contributed by atoms with Gasteiger partial charge in [0.2, 0.25) is 5.91 Å². The first-order valence-electron chi connectivity index (χ1n) is 12.3. The maximum atomic E-state index is 13.4. The summed E-state index contributed by atoms with van der Waals surface area (Å²) in [5, 5.41) is 14.4. The van der Waals surface area contributed by atoms with Gasteiger partial charge in [0.25, 0.3) is 5.56 Å². The molecule has 1 atom stereocenters. The second-order valence-corrected chi connectivity index (χ2v) is 12.4. The van der Waals surface area contributed by atoms with Crippen LogP contribution >= 0.6 is 23.1 Å². The molecule has 2 aromatic carbocycles. The molecule has 6 nitrogen and oxygen atoms in total. The zero-order valence-electron chi connectivity index (χ0n) is 21.1. The normalized spacial score (nSPS) is 15.2. The summed E-state index contributed by atoms with van der Waals surface area (Å²) in [6, 6.07) is 18.9. The first-order chi connectivity index (χ1) is 17.8. The number of nitriles is 1. The van der Waals surface area contributed by atoms with E-state index in [2.05, 4.69) is 32.2 Å². The number of para-hydroxylation sites is 2. The predicted octanol–water partition coefficient (Wildman–Crippen LogP) is 6.20. The van der Waals surface area contributed by atoms with Gasteiger partial charge < -0.3 is 5.32 Å². The molecule has 4 aromatic rings. The van der Waals surface area contributed by atoms with Gasteiger partial charge in [0.15, 0.2) is 5.16 Å². The van der Waals surface area contributed by atoms with Crippen LogP contribution in [0, 0.1) is 22.7 Å². The molecule has 2 aromatic heterocycles. The molecule has 1 amide bonds. The largest absolute Gasteiger partial charge is 0.316 e. The third-order valence-corrected chi connectivity index (χ3v) is 9.05. The highest BCUT2D eigenvalue weighted by Gasteiger charge is 2.32. The summed E-state index contributed by atoms with van der Waals surface area (Å²) in [7, 11) is 0. The number of hydrogen-bond donors (Lipinski definition) is 1. The van der Waals surface area contributed by atoms with E-state index < -0.39 is 0 Å². The van der Waals surface area contributed by atoms with Crippen molar-refractivity contribution in [2.24, 2.45) is 11.3 Å². The number of carbonyl (C=O) groups is 1. The molecule has 5 rings (SSSR count). The van der Waals surface area contributed by atoms with Crippen molar-refractivity contribution in [3.63, 3.8) is 0 Å². The molecule has 0 spiro atoms. The molecular weight excluding hydrogens is 500 g/mol. The fourth-order valence-corrected chi connectivity index (χ4v) is 6.94. The number of thiophene rings is 1. The topological polar surface area (TPSA) is 87.8 Å². The van der Waals surface area contributed by atoms with E-state index >= 15 is 0 Å². The van der Waals surface area contributed by atoms with Crippen LogP contribution in [0.1, 0.15) is 43.2 Å². The lowest BCUT2D eigenvalue weighted by Gasteiger charge is -2.33. The average molecular weight is 529 g/mol. The number of aromatic nitrogens is 2. The van der Waals surface area contributed by atoms with Crippen molar-refractivity contribution in [3.8, 4) is 11.8 Å². The van der Waals surface area contributed by atoms with Crippen LogP contribution in [-0.4, -0.2) is 21.2 Å². The van der Waals surface area contributed by atoms with E-state index in [4.69, 9.17) is 4.98 Å². The number of nitrogens with one attached hydrogen (secondary N) is 1. The van der Waals surface area contributed by atoms with Crippen LogP contribution < -0.4 is 10.9 Å². The number of rotatable bonds is 5. The number of benzene rings is 2. The molecule has 0 saturated carbocycles. The Balaban J connectivity index is 1.39. The smallest absolute Gasteiger partial charge is 0.266 e. The third kappa shape index (κ3) is 5.07. The molecule has 0 fully saturated rings. The molecule has 8 heteroatoms. The highest BCUT2D eigenvalue weighted by atomic mass is 32.2. The Bertz CT molecular complexity index is 1580. The molecule has 0 saturated heterocycles. The van der Waals surface area contributed by atoms with Crippen molar-refractivity contribution in [1.82, 2.24) is 9.55 Å². The Hall–Kier alpha value is -3.41. The first-order valence-corrected chi connectivity index (χ1v) is 14.1. The summed E-state index contributed by atoms with van der Waals surface area (Å²) in [5.41, 5.74) is 3.00. The van der Waals surface area contributed by atoms with Gasteiger partial charge in [-0.3, -0.25) is 14.2 Å². The van der Waals surface area contributed by atoms with Gasteiger partial charge in [0, 0.05) is 4.88 Å². The summed E-state index contributed by atoms with van der Waals surface area (Å²) in [5.74, 6) is 0.392. The first kappa shape index (κ1) is 25.2. The second-order valence-electron chi connectivity index (χ2n) is 10.3. The Kier molecular flexibility index (Phi) is 6.93. The standard InChI is InChI=1S/C29H28N4O2S2/c1-29(2,3)18-13-14-20-22(16-30)26(37-24(20)15-18)32-25(34)17-36-28-31-23-12-8-7-11-21(23)27(35)33(28)19-9-5-4-6-10-19/h4-12,18H,13-15,17H2,1-3H3,(H,32,34)/t18-/m1/s1. The van der Waals surface area contributed by atoms with Gasteiger partial charge >= 0.3 is 0 Å². The van der Waals surface area contributed by atoms with Crippen molar-refractivity contribution in [3.05, 3.63) is 81.0 Å². The Labute approximate surface area is 224 Å². The summed E-state index contributed by atoms with van der Waals surface area (Å²) in [6.07, 6.45) is 2.86. The molecule has 37 heavy (non-hydrogen) atoms. The van der Waals surface area contributed by atoms with Crippen LogP contribution in [0.3, 0.4) is 0 Å². The van der Waals surface area contributed by atoms with Gasteiger partial charge in [-0.25, -0.2) is 4.98 Å². The van der Waals surface area contributed by atoms with E-state index in [0.29, 0.717) is 38.2 Å². The minimum Gasteiger partial charge on any atom is -0.316 e. The van der Waals surface area contributed by atoms with E-state index in [-0.39, 0.29) is 22.6 Å². The maximum absolute atomic E-state index is 13.4. The number of thioether (sulfide) groups is 1. The number of carbonyl (C=O) groups excluding carboxylic acids is 1. The lowest BCUT2D eigenvalue weighted by molar-refractivity contribution is -0.113. The van der Waals surface area contributed by atoms with Crippen molar-refractivity contribution in [2.45, 2.75) is 45.2 Å². The molecule has 0 aliphatic heterocycles. The van der Waals surface area contributed by atoms with Gasteiger partial charge in [-0.2, -0.15) is 5.26 Å². The number of anilines is 1. The summed E-state index contributed by atoms with van der Waals surface area (Å²) >= 11 is 2.74. The average Bonchev–Trinajstić information content (AvgIpc) is 3.23. The minimum atomic E-state index is -0.227. The third-order valence-electron chi connectivity index (χ3n) is 6.95. The highest BCUT2D eigenvalue weighted by Crippen LogP contribution is 2.44. The molecule has 0 radical (unpaired) electrons. The van der Waals surface area contributed by atoms with Crippen LogP contribution in [0.2, 0.25) is 0 Å². The second kappa shape index (κ2) is 10.2. The molecule has 1 N–H and O–H groups in total. The minimum absolute atomic E-state index is 0.0651. The van der Waals surface area contributed by atoms with Gasteiger partial charge in [-0.05, 0) is 60.4 Å². The summed E-state index contributed by atoms with van der Waals surface area (Å²) < 4.78 is 1.55. The van der Waals surface area contributed by atoms with Gasteiger partial charge in [0.1, 0.15) is 11.1 Å². The Morgan fingerprint density at radius 2 is 1.92 bits per heavy atom. The van der Waals surface area contributed by atoms with Crippen LogP contribution in [0.4, 0.5) is 5.00 Å². The number of hydrogen-bond acceptors (Lipinski definition) is 6. The van der Waals surface area contributed by atoms with Crippen molar-refractivity contribution >= 4 is 44.9 Å². The SMILES string of the molecule is CC(C)(C)[C@@H]1CCc2c(sc(NC(=O)CSc3nc4ccccc4c(=O)n3-c3ccccc3)c2C#N)C1. The zero-order chi connectivity index (χ0) is 26.2. The molecule has 2 heterocycles. The Morgan fingerprint density at radius 3 is 2.65 bits per heavy atom. The van der Waals surface area contributed by atoms with Gasteiger partial charge in [-0.1, -0.05) is 62.9 Å². The van der Waals surface area contributed by atoms with E-state index in [1.165, 1.54) is 28.0 Å². The molecule has 1 aliphatic carbocycles. The molecule has 0 bridgehead atoms. The van der Waals surface area contributed by atoms with Gasteiger partial charge in [-0.15, -0.1) is 11.3 Å². The fraction of sp³-hybridized carbons (Fsp3) is 0.310. The number of nitrogens with zero attached hydrogens (tertiary/aromatic N) is 3. The lowest BCUT2D eigenvalue weighted by atomic mass is 9.72. The van der Waals surface area contributed by atoms with Crippen molar-refractivity contribution in [1.29, 1.82) is 5.26 Å². The lowest BCUT2D eigenvalue weighted by Crippen LogP contribution is -2.26. The van der Waals surface area contributed by atoms with Crippen molar-refractivity contribution < 1.29 is 4.79 Å². The Morgan fingerprint density at radius 1 is 1.19 bits per heavy atom. The van der Waals surface area contributed by atoms with Crippen LogP contribution in [0.25, 0.3) is 16.6 Å². The molecular formula is C29H28N4O2S2. The fourth-order valence-electron chi connectivity index (χ4n) is 4.84. The van der Waals surface area contributed by atoms with E-state index in [0.717, 1.165) is 24.8 Å². The van der Waals surface area contributed by atoms with E-state index in [1.807, 2.05) is 42.5 Å². The predicted molar refractivity (Wildman–Crippen MR) is 151 cm³/mol. The monoisotopic (exact) mass is 528 g/mol. The quantitative estimate of drug-likeness (QED) is 0.246. The van der Waals surface area contributed by atoms with E-state index in [1.54, 1.807) is 16.7 Å². The number of amides is 1. The molecule has 1 aliphatic rings. The van der Waals surface area contributed by atoms with Crippen LogP contribution in [0.5, 0.6) is 0 Å². The van der Waals surface area contributed by atoms with Crippen molar-refractivity contribution in [2.75, 3.05) is 11.1 Å². The van der Waals surface area contributed by atoms with Crippen LogP contribution in [0.15, 0.2) is 64.5 Å². The number of fused-ring (bicyclic) bond motifs is 2. The van der Waals surface area contributed by atoms with Gasteiger partial charge in [0.05, 0.1) is 27.9 Å². The molecule has 188 valence electrons. The highest BCUT2D eigenvalue weighted by molar-refractivity contribution is 7.99. The summed E-state index contributed by atoms with van der Waals surface area (Å²) in [4.78, 5) is 32.3. The summed E-state index contributed by atoms with van der Waals surface area (Å²) in [6.45, 7) is 6.78. The maximum Gasteiger partial charge on any atom is 0.266 e. The van der Waals surface area contributed by atoms with E-state index in [9.17, 15) is 14.9 Å².